The van der Waals surface area contributed by atoms with E-state index < -0.39 is 23.4 Å². The van der Waals surface area contributed by atoms with Crippen LogP contribution in [-0.4, -0.2) is 18.2 Å². The fourth-order valence-electron chi connectivity index (χ4n) is 0.821. The third-order valence-electron chi connectivity index (χ3n) is 1.50. The van der Waals surface area contributed by atoms with E-state index in [-0.39, 0.29) is 5.56 Å². The SMILES string of the molecule is COC(=O)C#Cc1cc(O)c(F)c(F)c1. The van der Waals surface area contributed by atoms with Gasteiger partial charge in [-0.25, -0.2) is 9.18 Å². The van der Waals surface area contributed by atoms with Gasteiger partial charge in [0, 0.05) is 11.5 Å². The Balaban J connectivity index is 3.06. The van der Waals surface area contributed by atoms with E-state index in [9.17, 15) is 13.6 Å². The number of aromatic hydroxyl groups is 1. The summed E-state index contributed by atoms with van der Waals surface area (Å²) in [5.74, 6) is -0.0201. The number of methoxy groups -OCH3 is 1. The van der Waals surface area contributed by atoms with E-state index in [0.29, 0.717) is 0 Å². The summed E-state index contributed by atoms with van der Waals surface area (Å²) in [5.41, 5.74) is -0.0169. The number of halogens is 2. The molecule has 1 N–H and O–H groups in total. The summed E-state index contributed by atoms with van der Waals surface area (Å²) in [4.78, 5) is 10.6. The summed E-state index contributed by atoms with van der Waals surface area (Å²) < 4.78 is 29.6. The highest BCUT2D eigenvalue weighted by molar-refractivity contribution is 5.89. The molecule has 78 valence electrons. The van der Waals surface area contributed by atoms with E-state index in [0.717, 1.165) is 19.2 Å². The van der Waals surface area contributed by atoms with Crippen LogP contribution in [0.25, 0.3) is 0 Å². The maximum Gasteiger partial charge on any atom is 0.384 e. The molecule has 0 fully saturated rings. The molecule has 0 spiro atoms. The van der Waals surface area contributed by atoms with E-state index >= 15 is 0 Å². The number of benzene rings is 1. The van der Waals surface area contributed by atoms with Gasteiger partial charge in [-0.1, -0.05) is 5.92 Å². The van der Waals surface area contributed by atoms with E-state index in [1.165, 1.54) is 0 Å². The van der Waals surface area contributed by atoms with E-state index in [1.54, 1.807) is 0 Å². The average molecular weight is 212 g/mol. The second-order valence-electron chi connectivity index (χ2n) is 2.53. The first-order chi connectivity index (χ1) is 7.04. The zero-order chi connectivity index (χ0) is 11.4. The van der Waals surface area contributed by atoms with Crippen molar-refractivity contribution in [3.05, 3.63) is 29.3 Å². The molecule has 0 unspecified atom stereocenters. The Morgan fingerprint density at radius 1 is 1.47 bits per heavy atom. The van der Waals surface area contributed by atoms with Gasteiger partial charge < -0.3 is 9.84 Å². The monoisotopic (exact) mass is 212 g/mol. The number of rotatable bonds is 0. The molecular weight excluding hydrogens is 206 g/mol. The molecule has 15 heavy (non-hydrogen) atoms. The Kier molecular flexibility index (Phi) is 3.24. The van der Waals surface area contributed by atoms with Gasteiger partial charge in [-0.3, -0.25) is 0 Å². The molecule has 0 aromatic heterocycles. The second kappa shape index (κ2) is 4.42. The van der Waals surface area contributed by atoms with Crippen LogP contribution in [0.1, 0.15) is 5.56 Å². The first kappa shape index (κ1) is 11.0. The van der Waals surface area contributed by atoms with E-state index in [4.69, 9.17) is 5.11 Å². The normalized spacial score (nSPS) is 9.00. The molecule has 0 amide bonds. The lowest BCUT2D eigenvalue weighted by Crippen LogP contribution is -1.94. The van der Waals surface area contributed by atoms with Crippen LogP contribution in [0.4, 0.5) is 8.78 Å². The molecule has 0 radical (unpaired) electrons. The van der Waals surface area contributed by atoms with Gasteiger partial charge in [-0.15, -0.1) is 0 Å². The number of phenolic OH excluding ortho intramolecular Hbond substituents is 1. The van der Waals surface area contributed by atoms with Crippen molar-refractivity contribution in [1.29, 1.82) is 0 Å². The van der Waals surface area contributed by atoms with Crippen LogP contribution >= 0.6 is 0 Å². The molecule has 0 aliphatic rings. The zero-order valence-electron chi connectivity index (χ0n) is 7.67. The van der Waals surface area contributed by atoms with Gasteiger partial charge >= 0.3 is 5.97 Å². The number of phenols is 1. The minimum Gasteiger partial charge on any atom is -0.505 e. The smallest absolute Gasteiger partial charge is 0.384 e. The lowest BCUT2D eigenvalue weighted by Gasteiger charge is -1.97. The summed E-state index contributed by atoms with van der Waals surface area (Å²) in [6.45, 7) is 0. The lowest BCUT2D eigenvalue weighted by molar-refractivity contribution is -0.133. The van der Waals surface area contributed by atoms with Crippen molar-refractivity contribution in [3.63, 3.8) is 0 Å². The Morgan fingerprint density at radius 2 is 2.13 bits per heavy atom. The first-order valence-electron chi connectivity index (χ1n) is 3.82. The maximum absolute atomic E-state index is 12.7. The molecule has 0 aliphatic carbocycles. The molecule has 0 saturated carbocycles. The van der Waals surface area contributed by atoms with Crippen molar-refractivity contribution in [1.82, 2.24) is 0 Å². The maximum atomic E-state index is 12.7. The highest BCUT2D eigenvalue weighted by Gasteiger charge is 2.08. The van der Waals surface area contributed by atoms with Gasteiger partial charge in [0.25, 0.3) is 0 Å². The molecule has 5 heteroatoms. The van der Waals surface area contributed by atoms with Crippen molar-refractivity contribution < 1.29 is 23.4 Å². The molecule has 1 rings (SSSR count). The van der Waals surface area contributed by atoms with Crippen molar-refractivity contribution in [2.24, 2.45) is 0 Å². The topological polar surface area (TPSA) is 46.5 Å². The van der Waals surface area contributed by atoms with Crippen LogP contribution in [0.5, 0.6) is 5.75 Å². The van der Waals surface area contributed by atoms with Crippen molar-refractivity contribution in [2.75, 3.05) is 7.11 Å². The number of carbonyl (C=O) groups is 1. The molecule has 0 atom stereocenters. The average Bonchev–Trinajstić information content (AvgIpc) is 2.22. The minimum atomic E-state index is -1.35. The quantitative estimate of drug-likeness (QED) is 0.519. The summed E-state index contributed by atoms with van der Waals surface area (Å²) in [6, 6.07) is 1.68. The minimum absolute atomic E-state index is 0.0169. The summed E-state index contributed by atoms with van der Waals surface area (Å²) in [5, 5.41) is 8.90. The van der Waals surface area contributed by atoms with Crippen LogP contribution in [0.2, 0.25) is 0 Å². The van der Waals surface area contributed by atoms with Crippen LogP contribution in [-0.2, 0) is 9.53 Å². The Labute approximate surface area is 84.3 Å². The largest absolute Gasteiger partial charge is 0.505 e. The molecule has 1 aromatic carbocycles. The third kappa shape index (κ3) is 2.68. The van der Waals surface area contributed by atoms with Gasteiger partial charge in [0.2, 0.25) is 0 Å². The van der Waals surface area contributed by atoms with Crippen LogP contribution in [0, 0.1) is 23.5 Å². The highest BCUT2D eigenvalue weighted by Crippen LogP contribution is 2.19. The van der Waals surface area contributed by atoms with Gasteiger partial charge in [-0.05, 0) is 12.1 Å². The summed E-state index contributed by atoms with van der Waals surface area (Å²) in [7, 11) is 1.14. The standard InChI is InChI=1S/C10H6F2O3/c1-15-9(14)3-2-6-4-7(11)10(12)8(13)5-6/h4-5,13H,1H3. The fourth-order valence-corrected chi connectivity index (χ4v) is 0.821. The Bertz CT molecular complexity index is 434. The summed E-state index contributed by atoms with van der Waals surface area (Å²) in [6.07, 6.45) is 0. The highest BCUT2D eigenvalue weighted by atomic mass is 19.2. The predicted octanol–water partition coefficient (Wildman–Crippen LogP) is 1.19. The molecule has 1 aromatic rings. The number of hydrogen-bond donors (Lipinski definition) is 1. The molecule has 0 saturated heterocycles. The van der Waals surface area contributed by atoms with Gasteiger partial charge in [0.15, 0.2) is 17.4 Å². The van der Waals surface area contributed by atoms with E-state index in [2.05, 4.69) is 10.7 Å². The molecule has 0 aliphatic heterocycles. The van der Waals surface area contributed by atoms with Crippen LogP contribution in [0.15, 0.2) is 12.1 Å². The fraction of sp³-hybridized carbons (Fsp3) is 0.100. The molecular formula is C10H6F2O3. The molecule has 0 heterocycles. The van der Waals surface area contributed by atoms with E-state index in [1.807, 2.05) is 5.92 Å². The first-order valence-corrected chi connectivity index (χ1v) is 3.82. The number of hydrogen-bond acceptors (Lipinski definition) is 3. The molecule has 0 bridgehead atoms. The number of esters is 1. The van der Waals surface area contributed by atoms with Gasteiger partial charge in [0.05, 0.1) is 7.11 Å². The number of ether oxygens (including phenoxy) is 1. The predicted molar refractivity (Wildman–Crippen MR) is 46.9 cm³/mol. The third-order valence-corrected chi connectivity index (χ3v) is 1.50. The zero-order valence-corrected chi connectivity index (χ0v) is 7.67. The van der Waals surface area contributed by atoms with Crippen molar-refractivity contribution >= 4 is 5.97 Å². The van der Waals surface area contributed by atoms with Crippen molar-refractivity contribution in [2.45, 2.75) is 0 Å². The Morgan fingerprint density at radius 3 is 2.67 bits per heavy atom. The molecule has 3 nitrogen and oxygen atoms in total. The second-order valence-corrected chi connectivity index (χ2v) is 2.53. The van der Waals surface area contributed by atoms with Crippen LogP contribution in [0.3, 0.4) is 0 Å². The van der Waals surface area contributed by atoms with Crippen LogP contribution < -0.4 is 0 Å². The summed E-state index contributed by atoms with van der Waals surface area (Å²) >= 11 is 0. The van der Waals surface area contributed by atoms with Crippen molar-refractivity contribution in [3.8, 4) is 17.6 Å². The van der Waals surface area contributed by atoms with Gasteiger partial charge in [-0.2, -0.15) is 4.39 Å². The number of carbonyl (C=O) groups excluding carboxylic acids is 1. The Hall–Kier alpha value is -2.09. The van der Waals surface area contributed by atoms with Gasteiger partial charge in [0.1, 0.15) is 0 Å². The lowest BCUT2D eigenvalue weighted by atomic mass is 10.2.